The number of rotatable bonds is 6. The fourth-order valence-corrected chi connectivity index (χ4v) is 1.64. The molecule has 0 spiro atoms. The monoisotopic (exact) mass is 275 g/mol. The minimum Gasteiger partial charge on any atom is -0.373 e. The van der Waals surface area contributed by atoms with Crippen molar-refractivity contribution in [2.45, 2.75) is 32.9 Å². The lowest BCUT2D eigenvalue weighted by molar-refractivity contribution is -0.137. The van der Waals surface area contributed by atoms with E-state index < -0.39 is 11.7 Å². The van der Waals surface area contributed by atoms with Crippen molar-refractivity contribution in [1.82, 2.24) is 4.98 Å². The number of nitrogens with zero attached hydrogens (tertiary/aromatic N) is 1. The Kier molecular flexibility index (Phi) is 5.44. The van der Waals surface area contributed by atoms with Crippen molar-refractivity contribution in [3.05, 3.63) is 17.7 Å². The van der Waals surface area contributed by atoms with Gasteiger partial charge in [-0.25, -0.2) is 4.98 Å². The average Bonchev–Trinajstić information content (AvgIpc) is 2.33. The molecule has 1 aromatic heterocycles. The summed E-state index contributed by atoms with van der Waals surface area (Å²) in [6, 6.07) is 2.04. The van der Waals surface area contributed by atoms with Gasteiger partial charge in [0, 0.05) is 13.6 Å². The maximum absolute atomic E-state index is 12.7. The second-order valence-corrected chi connectivity index (χ2v) is 4.84. The lowest BCUT2D eigenvalue weighted by Gasteiger charge is -2.12. The van der Waals surface area contributed by atoms with Gasteiger partial charge in [0.2, 0.25) is 0 Å². The van der Waals surface area contributed by atoms with Gasteiger partial charge < -0.3 is 10.6 Å². The molecule has 0 fully saturated rings. The number of alkyl halides is 3. The molecule has 0 unspecified atom stereocenters. The third kappa shape index (κ3) is 5.36. The van der Waals surface area contributed by atoms with Gasteiger partial charge in [-0.15, -0.1) is 0 Å². The van der Waals surface area contributed by atoms with E-state index in [-0.39, 0.29) is 11.6 Å². The molecular formula is C13H20F3N3. The van der Waals surface area contributed by atoms with Crippen LogP contribution in [-0.2, 0) is 6.18 Å². The van der Waals surface area contributed by atoms with Gasteiger partial charge in [-0.1, -0.05) is 13.8 Å². The molecule has 0 aliphatic rings. The zero-order chi connectivity index (χ0) is 14.5. The first kappa shape index (κ1) is 15.6. The number of hydrogen-bond donors (Lipinski definition) is 2. The average molecular weight is 275 g/mol. The van der Waals surface area contributed by atoms with Gasteiger partial charge in [0.05, 0.1) is 5.56 Å². The van der Waals surface area contributed by atoms with Gasteiger partial charge in [0.25, 0.3) is 0 Å². The highest BCUT2D eigenvalue weighted by Crippen LogP contribution is 2.31. The van der Waals surface area contributed by atoms with Gasteiger partial charge in [-0.05, 0) is 30.9 Å². The standard InChI is InChI=1S/C13H20F3N3/c1-9(2)5-4-6-18-12-8-10(13(14,15)16)7-11(17-3)19-12/h7-9H,4-6H2,1-3H3,(H2,17,18,19). The van der Waals surface area contributed by atoms with E-state index in [9.17, 15) is 13.2 Å². The smallest absolute Gasteiger partial charge is 0.373 e. The SMILES string of the molecule is CNc1cc(C(F)(F)F)cc(NCCCC(C)C)n1. The van der Waals surface area contributed by atoms with Crippen LogP contribution in [0.2, 0.25) is 0 Å². The normalized spacial score (nSPS) is 11.7. The summed E-state index contributed by atoms with van der Waals surface area (Å²) in [4.78, 5) is 4.06. The Balaban J connectivity index is 2.72. The number of nitrogens with one attached hydrogen (secondary N) is 2. The maximum Gasteiger partial charge on any atom is 0.416 e. The summed E-state index contributed by atoms with van der Waals surface area (Å²) < 4.78 is 38.1. The number of hydrogen-bond acceptors (Lipinski definition) is 3. The molecule has 0 bridgehead atoms. The van der Waals surface area contributed by atoms with Crippen LogP contribution in [0.1, 0.15) is 32.3 Å². The van der Waals surface area contributed by atoms with Crippen molar-refractivity contribution in [2.24, 2.45) is 5.92 Å². The van der Waals surface area contributed by atoms with Crippen LogP contribution in [0.25, 0.3) is 0 Å². The molecule has 0 aromatic carbocycles. The molecule has 0 saturated heterocycles. The molecule has 0 aliphatic carbocycles. The van der Waals surface area contributed by atoms with Gasteiger partial charge in [-0.2, -0.15) is 13.2 Å². The number of aromatic nitrogens is 1. The van der Waals surface area contributed by atoms with Crippen molar-refractivity contribution in [1.29, 1.82) is 0 Å². The summed E-state index contributed by atoms with van der Waals surface area (Å²) in [6.45, 7) is 4.85. The van der Waals surface area contributed by atoms with E-state index in [0.29, 0.717) is 12.5 Å². The highest BCUT2D eigenvalue weighted by atomic mass is 19.4. The number of halogens is 3. The van der Waals surface area contributed by atoms with E-state index >= 15 is 0 Å². The Labute approximate surface area is 111 Å². The molecule has 1 rings (SSSR count). The molecule has 0 aliphatic heterocycles. The van der Waals surface area contributed by atoms with E-state index in [4.69, 9.17) is 0 Å². The lowest BCUT2D eigenvalue weighted by atomic mass is 10.1. The Morgan fingerprint density at radius 1 is 1.21 bits per heavy atom. The largest absolute Gasteiger partial charge is 0.416 e. The quantitative estimate of drug-likeness (QED) is 0.771. The Morgan fingerprint density at radius 3 is 2.37 bits per heavy atom. The van der Waals surface area contributed by atoms with Gasteiger partial charge in [0.15, 0.2) is 0 Å². The minimum atomic E-state index is -4.36. The van der Waals surface area contributed by atoms with Crippen LogP contribution in [0.3, 0.4) is 0 Å². The zero-order valence-electron chi connectivity index (χ0n) is 11.4. The van der Waals surface area contributed by atoms with Crippen molar-refractivity contribution >= 4 is 11.6 Å². The molecule has 3 nitrogen and oxygen atoms in total. The minimum absolute atomic E-state index is 0.209. The van der Waals surface area contributed by atoms with E-state index in [0.717, 1.165) is 25.0 Å². The van der Waals surface area contributed by atoms with Crippen LogP contribution in [0.4, 0.5) is 24.8 Å². The van der Waals surface area contributed by atoms with Gasteiger partial charge in [0.1, 0.15) is 11.6 Å². The van der Waals surface area contributed by atoms with Crippen LogP contribution in [-0.4, -0.2) is 18.6 Å². The molecule has 0 atom stereocenters. The first-order chi connectivity index (χ1) is 8.82. The summed E-state index contributed by atoms with van der Waals surface area (Å²) in [5, 5.41) is 5.57. The Morgan fingerprint density at radius 2 is 1.84 bits per heavy atom. The zero-order valence-corrected chi connectivity index (χ0v) is 11.4. The van der Waals surface area contributed by atoms with Gasteiger partial charge >= 0.3 is 6.18 Å². The Hall–Kier alpha value is -1.46. The number of anilines is 2. The predicted molar refractivity (Wildman–Crippen MR) is 71.3 cm³/mol. The maximum atomic E-state index is 12.7. The number of pyridine rings is 1. The molecule has 19 heavy (non-hydrogen) atoms. The van der Waals surface area contributed by atoms with Crippen molar-refractivity contribution in [3.8, 4) is 0 Å². The molecular weight excluding hydrogens is 255 g/mol. The highest BCUT2D eigenvalue weighted by Gasteiger charge is 2.31. The van der Waals surface area contributed by atoms with Gasteiger partial charge in [-0.3, -0.25) is 0 Å². The van der Waals surface area contributed by atoms with Crippen LogP contribution in [0.15, 0.2) is 12.1 Å². The van der Waals surface area contributed by atoms with Crippen molar-refractivity contribution in [3.63, 3.8) is 0 Å². The van der Waals surface area contributed by atoms with E-state index in [1.165, 1.54) is 0 Å². The van der Waals surface area contributed by atoms with Crippen molar-refractivity contribution in [2.75, 3.05) is 24.2 Å². The van der Waals surface area contributed by atoms with E-state index in [1.54, 1.807) is 7.05 Å². The molecule has 6 heteroatoms. The molecule has 2 N–H and O–H groups in total. The van der Waals surface area contributed by atoms with Crippen molar-refractivity contribution < 1.29 is 13.2 Å². The summed E-state index contributed by atoms with van der Waals surface area (Å²) in [7, 11) is 1.55. The predicted octanol–water partition coefficient (Wildman–Crippen LogP) is 3.99. The second kappa shape index (κ2) is 6.63. The first-order valence-corrected chi connectivity index (χ1v) is 6.34. The molecule has 0 radical (unpaired) electrons. The third-order valence-electron chi connectivity index (χ3n) is 2.67. The lowest BCUT2D eigenvalue weighted by Crippen LogP contribution is -2.10. The fraction of sp³-hybridized carbons (Fsp3) is 0.615. The van der Waals surface area contributed by atoms with E-state index in [1.807, 2.05) is 0 Å². The molecule has 108 valence electrons. The highest BCUT2D eigenvalue weighted by molar-refractivity contribution is 5.49. The van der Waals surface area contributed by atoms with Crippen LogP contribution in [0, 0.1) is 5.92 Å². The fourth-order valence-electron chi connectivity index (χ4n) is 1.64. The molecule has 1 aromatic rings. The Bertz CT molecular complexity index is 403. The topological polar surface area (TPSA) is 37.0 Å². The molecule has 1 heterocycles. The summed E-state index contributed by atoms with van der Waals surface area (Å²) in [5.41, 5.74) is -0.696. The van der Waals surface area contributed by atoms with Crippen LogP contribution in [0.5, 0.6) is 0 Å². The summed E-state index contributed by atoms with van der Waals surface area (Å²) in [5.74, 6) is 1.05. The van der Waals surface area contributed by atoms with Crippen LogP contribution < -0.4 is 10.6 Å². The molecule has 0 amide bonds. The summed E-state index contributed by atoms with van der Waals surface area (Å²) in [6.07, 6.45) is -2.42. The van der Waals surface area contributed by atoms with Crippen LogP contribution >= 0.6 is 0 Å². The first-order valence-electron chi connectivity index (χ1n) is 6.34. The third-order valence-corrected chi connectivity index (χ3v) is 2.67. The molecule has 0 saturated carbocycles. The summed E-state index contributed by atoms with van der Waals surface area (Å²) >= 11 is 0. The second-order valence-electron chi connectivity index (χ2n) is 4.84. The van der Waals surface area contributed by atoms with E-state index in [2.05, 4.69) is 29.5 Å².